The molecule has 34 heavy (non-hydrogen) atoms. The van der Waals surface area contributed by atoms with Crippen molar-refractivity contribution >= 4 is 11.9 Å². The standard InChI is InChI=1S/C26H47N5O3/c1-17-10-20(6-7-27-17)21-11-19(16-31-26-28-8-9-29-26)12-22(14-21)25(32)30-15-18-4-5-23(33-2)24(13-18)34-3/h17-24,27H,4-16H2,1-3H3,(H,30,32)(H2,28,29,31). The van der Waals surface area contributed by atoms with E-state index in [0.717, 1.165) is 76.7 Å². The van der Waals surface area contributed by atoms with Crippen molar-refractivity contribution in [2.45, 2.75) is 76.5 Å². The lowest BCUT2D eigenvalue weighted by atomic mass is 9.67. The number of hydrogen-bond donors (Lipinski definition) is 4. The molecule has 4 N–H and O–H groups in total. The van der Waals surface area contributed by atoms with Crippen LogP contribution in [0.3, 0.4) is 0 Å². The quantitative estimate of drug-likeness (QED) is 0.427. The number of nitrogens with one attached hydrogen (secondary N) is 4. The van der Waals surface area contributed by atoms with Gasteiger partial charge >= 0.3 is 0 Å². The van der Waals surface area contributed by atoms with Gasteiger partial charge in [-0.15, -0.1) is 0 Å². The number of rotatable bonds is 8. The lowest BCUT2D eigenvalue weighted by Gasteiger charge is -2.41. The zero-order valence-corrected chi connectivity index (χ0v) is 21.5. The number of hydrogen-bond acceptors (Lipinski definition) is 7. The molecule has 0 aromatic heterocycles. The van der Waals surface area contributed by atoms with Crippen molar-refractivity contribution in [2.24, 2.45) is 34.6 Å². The minimum Gasteiger partial charge on any atom is -0.379 e. The van der Waals surface area contributed by atoms with E-state index in [1.54, 1.807) is 14.2 Å². The average molecular weight is 478 g/mol. The first kappa shape index (κ1) is 25.7. The molecule has 2 saturated carbocycles. The number of carbonyl (C=O) groups excluding carboxylic acids is 1. The third kappa shape index (κ3) is 6.85. The number of methoxy groups -OCH3 is 2. The van der Waals surface area contributed by atoms with Crippen LogP contribution >= 0.6 is 0 Å². The number of piperidine rings is 1. The van der Waals surface area contributed by atoms with Gasteiger partial charge in [0.05, 0.1) is 18.8 Å². The number of guanidine groups is 1. The Bertz CT molecular complexity index is 689. The summed E-state index contributed by atoms with van der Waals surface area (Å²) in [7, 11) is 3.53. The maximum Gasteiger partial charge on any atom is 0.223 e. The second kappa shape index (κ2) is 12.5. The second-order valence-electron chi connectivity index (χ2n) is 11.2. The van der Waals surface area contributed by atoms with E-state index in [1.165, 1.54) is 19.3 Å². The Balaban J connectivity index is 1.32. The Morgan fingerprint density at radius 3 is 2.53 bits per heavy atom. The fourth-order valence-corrected chi connectivity index (χ4v) is 6.88. The molecule has 194 valence electrons. The van der Waals surface area contributed by atoms with Gasteiger partial charge in [0.25, 0.3) is 0 Å². The number of nitrogens with zero attached hydrogens (tertiary/aromatic N) is 1. The summed E-state index contributed by atoms with van der Waals surface area (Å²) >= 11 is 0. The summed E-state index contributed by atoms with van der Waals surface area (Å²) in [6, 6.07) is 0.581. The van der Waals surface area contributed by atoms with Gasteiger partial charge < -0.3 is 30.7 Å². The molecule has 8 atom stereocenters. The molecule has 0 aromatic rings. The first-order valence-corrected chi connectivity index (χ1v) is 13.6. The van der Waals surface area contributed by atoms with Crippen molar-refractivity contribution in [3.63, 3.8) is 0 Å². The molecule has 8 unspecified atom stereocenters. The summed E-state index contributed by atoms with van der Waals surface area (Å²) < 4.78 is 11.2. The Labute approximate surface area is 205 Å². The van der Waals surface area contributed by atoms with E-state index in [1.807, 2.05) is 0 Å². The van der Waals surface area contributed by atoms with Crippen molar-refractivity contribution in [3.8, 4) is 0 Å². The Hall–Kier alpha value is -1.38. The van der Waals surface area contributed by atoms with E-state index >= 15 is 0 Å². The van der Waals surface area contributed by atoms with Crippen molar-refractivity contribution < 1.29 is 14.3 Å². The van der Waals surface area contributed by atoms with Gasteiger partial charge in [-0.1, -0.05) is 0 Å². The predicted molar refractivity (Wildman–Crippen MR) is 135 cm³/mol. The van der Waals surface area contributed by atoms with Crippen LogP contribution in [0.4, 0.5) is 0 Å². The Morgan fingerprint density at radius 1 is 0.941 bits per heavy atom. The lowest BCUT2D eigenvalue weighted by Crippen LogP contribution is -2.46. The van der Waals surface area contributed by atoms with Crippen molar-refractivity contribution in [2.75, 3.05) is 46.9 Å². The highest BCUT2D eigenvalue weighted by Crippen LogP contribution is 2.41. The number of aliphatic imine (C=N–C) groups is 1. The third-order valence-electron chi connectivity index (χ3n) is 8.79. The molecule has 8 nitrogen and oxygen atoms in total. The minimum absolute atomic E-state index is 0.114. The SMILES string of the molecule is COC1CCC(CNC(=O)C2CC(CNC3=NCCN3)CC(C3CCNC(C)C3)C2)CC1OC. The molecule has 4 rings (SSSR count). The predicted octanol–water partition coefficient (Wildman–Crippen LogP) is 1.90. The fourth-order valence-electron chi connectivity index (χ4n) is 6.88. The number of amides is 1. The molecule has 0 aromatic carbocycles. The van der Waals surface area contributed by atoms with Crippen LogP contribution in [0.1, 0.15) is 58.3 Å². The highest BCUT2D eigenvalue weighted by Gasteiger charge is 2.38. The molecule has 0 spiro atoms. The summed E-state index contributed by atoms with van der Waals surface area (Å²) in [5.41, 5.74) is 0. The first-order valence-electron chi connectivity index (χ1n) is 13.6. The number of carbonyl (C=O) groups is 1. The van der Waals surface area contributed by atoms with Gasteiger partial charge in [-0.25, -0.2) is 0 Å². The number of ether oxygens (including phenoxy) is 2. The normalized spacial score (nSPS) is 38.6. The molecule has 8 heteroatoms. The molecule has 0 radical (unpaired) electrons. The first-order chi connectivity index (χ1) is 16.6. The maximum absolute atomic E-state index is 13.4. The van der Waals surface area contributed by atoms with Crippen LogP contribution in [0.25, 0.3) is 0 Å². The third-order valence-corrected chi connectivity index (χ3v) is 8.79. The monoisotopic (exact) mass is 477 g/mol. The van der Waals surface area contributed by atoms with Crippen LogP contribution in [0.5, 0.6) is 0 Å². The minimum atomic E-state index is 0.114. The van der Waals surface area contributed by atoms with Crippen molar-refractivity contribution in [3.05, 3.63) is 0 Å². The van der Waals surface area contributed by atoms with Crippen LogP contribution in [0.2, 0.25) is 0 Å². The molecular formula is C26H47N5O3. The Kier molecular flexibility index (Phi) is 9.48. The molecule has 2 heterocycles. The van der Waals surface area contributed by atoms with Crippen molar-refractivity contribution in [1.29, 1.82) is 0 Å². The highest BCUT2D eigenvalue weighted by atomic mass is 16.5. The van der Waals surface area contributed by atoms with Gasteiger partial charge in [-0.05, 0) is 88.5 Å². The summed E-state index contributed by atoms with van der Waals surface area (Å²) in [5.74, 6) is 3.64. The van der Waals surface area contributed by atoms with Gasteiger partial charge in [0.15, 0.2) is 5.96 Å². The van der Waals surface area contributed by atoms with Gasteiger partial charge in [-0.2, -0.15) is 0 Å². The Morgan fingerprint density at radius 2 is 1.79 bits per heavy atom. The van der Waals surface area contributed by atoms with Crippen molar-refractivity contribution in [1.82, 2.24) is 21.3 Å². The van der Waals surface area contributed by atoms with E-state index in [4.69, 9.17) is 9.47 Å². The summed E-state index contributed by atoms with van der Waals surface area (Å²) in [6.45, 7) is 6.84. The summed E-state index contributed by atoms with van der Waals surface area (Å²) in [6.07, 6.45) is 9.04. The second-order valence-corrected chi connectivity index (χ2v) is 11.2. The lowest BCUT2D eigenvalue weighted by molar-refractivity contribution is -0.128. The largest absolute Gasteiger partial charge is 0.379 e. The van der Waals surface area contributed by atoms with E-state index in [2.05, 4.69) is 33.2 Å². The molecule has 4 aliphatic rings. The zero-order valence-electron chi connectivity index (χ0n) is 21.5. The summed E-state index contributed by atoms with van der Waals surface area (Å²) in [4.78, 5) is 17.9. The van der Waals surface area contributed by atoms with Gasteiger partial charge in [0.1, 0.15) is 0 Å². The average Bonchev–Trinajstić information content (AvgIpc) is 3.39. The topological polar surface area (TPSA) is 96.0 Å². The molecule has 1 amide bonds. The molecule has 2 aliphatic carbocycles. The highest BCUT2D eigenvalue weighted by molar-refractivity contribution is 5.81. The fraction of sp³-hybridized carbons (Fsp3) is 0.923. The van der Waals surface area contributed by atoms with Crippen LogP contribution in [0.15, 0.2) is 4.99 Å². The van der Waals surface area contributed by atoms with Crippen LogP contribution in [-0.4, -0.2) is 77.1 Å². The van der Waals surface area contributed by atoms with Crippen LogP contribution < -0.4 is 21.3 Å². The van der Waals surface area contributed by atoms with E-state index in [-0.39, 0.29) is 24.0 Å². The van der Waals surface area contributed by atoms with Gasteiger partial charge in [0.2, 0.25) is 5.91 Å². The van der Waals surface area contributed by atoms with E-state index < -0.39 is 0 Å². The van der Waals surface area contributed by atoms with Crippen LogP contribution in [-0.2, 0) is 14.3 Å². The van der Waals surface area contributed by atoms with E-state index in [9.17, 15) is 4.79 Å². The van der Waals surface area contributed by atoms with Crippen LogP contribution in [0, 0.1) is 29.6 Å². The molecule has 3 fully saturated rings. The van der Waals surface area contributed by atoms with Gasteiger partial charge in [-0.3, -0.25) is 9.79 Å². The molecule has 1 saturated heterocycles. The zero-order chi connectivity index (χ0) is 23.9. The maximum atomic E-state index is 13.4. The molecule has 0 bridgehead atoms. The van der Waals surface area contributed by atoms with E-state index in [0.29, 0.717) is 23.8 Å². The smallest absolute Gasteiger partial charge is 0.223 e. The van der Waals surface area contributed by atoms with Gasteiger partial charge in [0, 0.05) is 45.8 Å². The molecule has 2 aliphatic heterocycles. The molecular weight excluding hydrogens is 430 g/mol. The summed E-state index contributed by atoms with van der Waals surface area (Å²) in [5, 5.41) is 13.8.